The molecule has 2 aromatic heterocycles. The Morgan fingerprint density at radius 2 is 1.93 bits per heavy atom. The van der Waals surface area contributed by atoms with Crippen molar-refractivity contribution in [1.82, 2.24) is 19.7 Å². The van der Waals surface area contributed by atoms with Crippen LogP contribution < -0.4 is 5.32 Å². The third kappa shape index (κ3) is 4.95. The maximum Gasteiger partial charge on any atom is 0.237 e. The Morgan fingerprint density at radius 1 is 1.18 bits per heavy atom. The molecule has 0 aliphatic heterocycles. The zero-order valence-corrected chi connectivity index (χ0v) is 16.8. The Balaban J connectivity index is 1.78. The zero-order valence-electron chi connectivity index (χ0n) is 16.0. The van der Waals surface area contributed by atoms with Gasteiger partial charge in [-0.25, -0.2) is 4.39 Å². The van der Waals surface area contributed by atoms with Gasteiger partial charge in [0.25, 0.3) is 0 Å². The van der Waals surface area contributed by atoms with Crippen molar-refractivity contribution in [2.75, 3.05) is 5.32 Å². The number of aromatic nitrogens is 4. The molecule has 3 rings (SSSR count). The summed E-state index contributed by atoms with van der Waals surface area (Å²) in [5, 5.41) is 11.7. The van der Waals surface area contributed by atoms with E-state index in [1.807, 2.05) is 23.6 Å². The Bertz CT molecular complexity index is 928. The number of amides is 1. The number of nitrogens with zero attached hydrogens (tertiary/aromatic N) is 4. The van der Waals surface area contributed by atoms with Crippen molar-refractivity contribution in [2.24, 2.45) is 5.92 Å². The standard InChI is InChI=1S/C20H22FN5OS/c1-13(2)12-26-18(15-5-4-10-22-11-15)24-25-20(26)28-14(3)19(27)23-17-8-6-16(21)7-9-17/h4-11,13-14H,12H2,1-3H3,(H,23,27)/t14-/m1/s1. The zero-order chi connectivity index (χ0) is 20.1. The lowest BCUT2D eigenvalue weighted by Gasteiger charge is -2.15. The van der Waals surface area contributed by atoms with Gasteiger partial charge in [0.2, 0.25) is 5.91 Å². The van der Waals surface area contributed by atoms with E-state index in [2.05, 4.69) is 34.3 Å². The Kier molecular flexibility index (Phi) is 6.41. The molecule has 0 saturated heterocycles. The van der Waals surface area contributed by atoms with Crippen molar-refractivity contribution in [1.29, 1.82) is 0 Å². The third-order valence-corrected chi connectivity index (χ3v) is 5.03. The molecule has 0 unspecified atom stereocenters. The summed E-state index contributed by atoms with van der Waals surface area (Å²) in [6.07, 6.45) is 3.46. The second kappa shape index (κ2) is 8.97. The summed E-state index contributed by atoms with van der Waals surface area (Å²) >= 11 is 1.34. The first-order valence-corrected chi connectivity index (χ1v) is 9.88. The smallest absolute Gasteiger partial charge is 0.237 e. The van der Waals surface area contributed by atoms with E-state index < -0.39 is 5.25 Å². The number of benzene rings is 1. The van der Waals surface area contributed by atoms with Gasteiger partial charge in [-0.2, -0.15) is 0 Å². The van der Waals surface area contributed by atoms with Gasteiger partial charge >= 0.3 is 0 Å². The highest BCUT2D eigenvalue weighted by molar-refractivity contribution is 8.00. The molecule has 8 heteroatoms. The minimum Gasteiger partial charge on any atom is -0.325 e. The normalized spacial score (nSPS) is 12.2. The minimum absolute atomic E-state index is 0.182. The second-order valence-corrected chi connectivity index (χ2v) is 8.12. The predicted molar refractivity (Wildman–Crippen MR) is 108 cm³/mol. The quantitative estimate of drug-likeness (QED) is 0.601. The number of nitrogens with one attached hydrogen (secondary N) is 1. The lowest BCUT2D eigenvalue weighted by molar-refractivity contribution is -0.115. The number of carbonyl (C=O) groups is 1. The maximum absolute atomic E-state index is 13.0. The fourth-order valence-corrected chi connectivity index (χ4v) is 3.46. The van der Waals surface area contributed by atoms with Crippen LogP contribution in [0.15, 0.2) is 53.9 Å². The fourth-order valence-electron chi connectivity index (χ4n) is 2.60. The van der Waals surface area contributed by atoms with E-state index in [4.69, 9.17) is 0 Å². The first-order valence-electron chi connectivity index (χ1n) is 9.00. The number of rotatable bonds is 7. The van der Waals surface area contributed by atoms with Crippen LogP contribution in [0.25, 0.3) is 11.4 Å². The van der Waals surface area contributed by atoms with Crippen LogP contribution in [0, 0.1) is 11.7 Å². The number of thioether (sulfide) groups is 1. The van der Waals surface area contributed by atoms with Gasteiger partial charge in [0.15, 0.2) is 11.0 Å². The number of anilines is 1. The molecule has 1 aromatic carbocycles. The van der Waals surface area contributed by atoms with Gasteiger partial charge in [-0.05, 0) is 49.2 Å². The van der Waals surface area contributed by atoms with Crippen LogP contribution in [0.1, 0.15) is 20.8 Å². The SMILES string of the molecule is CC(C)Cn1c(S[C@H](C)C(=O)Nc2ccc(F)cc2)nnc1-c1cccnc1. The first-order chi connectivity index (χ1) is 13.4. The Hall–Kier alpha value is -2.74. The average molecular weight is 399 g/mol. The number of halogens is 1. The largest absolute Gasteiger partial charge is 0.325 e. The molecule has 0 aliphatic rings. The van der Waals surface area contributed by atoms with Crippen molar-refractivity contribution in [2.45, 2.75) is 37.7 Å². The summed E-state index contributed by atoms with van der Waals surface area (Å²) in [5.41, 5.74) is 1.43. The predicted octanol–water partition coefficient (Wildman–Crippen LogP) is 4.25. The van der Waals surface area contributed by atoms with Gasteiger partial charge in [0.1, 0.15) is 5.82 Å². The number of pyridine rings is 1. The maximum atomic E-state index is 13.0. The van der Waals surface area contributed by atoms with Gasteiger partial charge in [0.05, 0.1) is 5.25 Å². The average Bonchev–Trinajstić information content (AvgIpc) is 3.06. The van der Waals surface area contributed by atoms with Crippen molar-refractivity contribution in [3.63, 3.8) is 0 Å². The molecule has 0 aliphatic carbocycles. The first kappa shape index (κ1) is 20.0. The van der Waals surface area contributed by atoms with Crippen LogP contribution in [0.3, 0.4) is 0 Å². The van der Waals surface area contributed by atoms with Crippen molar-refractivity contribution in [3.8, 4) is 11.4 Å². The summed E-state index contributed by atoms with van der Waals surface area (Å²) in [4.78, 5) is 16.7. The van der Waals surface area contributed by atoms with Gasteiger partial charge in [-0.3, -0.25) is 9.78 Å². The Morgan fingerprint density at radius 3 is 2.57 bits per heavy atom. The van der Waals surface area contributed by atoms with Crippen LogP contribution in [0.2, 0.25) is 0 Å². The molecule has 0 saturated carbocycles. The highest BCUT2D eigenvalue weighted by atomic mass is 32.2. The summed E-state index contributed by atoms with van der Waals surface area (Å²) in [7, 11) is 0. The fraction of sp³-hybridized carbons (Fsp3) is 0.300. The van der Waals surface area contributed by atoms with Crippen molar-refractivity contribution >= 4 is 23.4 Å². The van der Waals surface area contributed by atoms with E-state index in [0.717, 1.165) is 17.9 Å². The van der Waals surface area contributed by atoms with E-state index >= 15 is 0 Å². The topological polar surface area (TPSA) is 72.7 Å². The number of hydrogen-bond donors (Lipinski definition) is 1. The molecular formula is C20H22FN5OS. The van der Waals surface area contributed by atoms with E-state index in [9.17, 15) is 9.18 Å². The molecule has 0 bridgehead atoms. The summed E-state index contributed by atoms with van der Waals surface area (Å²) in [6, 6.07) is 9.49. The van der Waals surface area contributed by atoms with E-state index in [1.165, 1.54) is 36.0 Å². The number of carbonyl (C=O) groups excluding carboxylic acids is 1. The molecule has 6 nitrogen and oxygen atoms in total. The molecular weight excluding hydrogens is 377 g/mol. The highest BCUT2D eigenvalue weighted by Crippen LogP contribution is 2.28. The monoisotopic (exact) mass is 399 g/mol. The molecule has 1 amide bonds. The molecule has 0 radical (unpaired) electrons. The summed E-state index contributed by atoms with van der Waals surface area (Å²) in [5.74, 6) is 0.591. The molecule has 3 aromatic rings. The van der Waals surface area contributed by atoms with E-state index in [1.54, 1.807) is 12.4 Å². The van der Waals surface area contributed by atoms with E-state index in [-0.39, 0.29) is 11.7 Å². The summed E-state index contributed by atoms with van der Waals surface area (Å²) < 4.78 is 15.0. The summed E-state index contributed by atoms with van der Waals surface area (Å²) in [6.45, 7) is 6.77. The van der Waals surface area contributed by atoms with Crippen LogP contribution >= 0.6 is 11.8 Å². The molecule has 0 fully saturated rings. The second-order valence-electron chi connectivity index (χ2n) is 6.81. The van der Waals surface area contributed by atoms with Crippen LogP contribution in [0.4, 0.5) is 10.1 Å². The minimum atomic E-state index is -0.401. The lowest BCUT2D eigenvalue weighted by Crippen LogP contribution is -2.23. The molecule has 1 N–H and O–H groups in total. The van der Waals surface area contributed by atoms with Crippen molar-refractivity contribution < 1.29 is 9.18 Å². The van der Waals surface area contributed by atoms with Gasteiger partial charge in [-0.15, -0.1) is 10.2 Å². The molecule has 28 heavy (non-hydrogen) atoms. The van der Waals surface area contributed by atoms with Gasteiger partial charge < -0.3 is 9.88 Å². The number of hydrogen-bond acceptors (Lipinski definition) is 5. The van der Waals surface area contributed by atoms with Gasteiger partial charge in [0, 0.05) is 30.2 Å². The highest BCUT2D eigenvalue weighted by Gasteiger charge is 2.21. The van der Waals surface area contributed by atoms with Crippen LogP contribution in [-0.4, -0.2) is 30.9 Å². The third-order valence-electron chi connectivity index (χ3n) is 3.95. The molecule has 1 atom stereocenters. The lowest BCUT2D eigenvalue weighted by atomic mass is 10.2. The van der Waals surface area contributed by atoms with Crippen LogP contribution in [-0.2, 0) is 11.3 Å². The van der Waals surface area contributed by atoms with Crippen LogP contribution in [0.5, 0.6) is 0 Å². The Labute approximate surface area is 167 Å². The van der Waals surface area contributed by atoms with Gasteiger partial charge in [-0.1, -0.05) is 25.6 Å². The molecule has 0 spiro atoms. The molecule has 146 valence electrons. The van der Waals surface area contributed by atoms with E-state index in [0.29, 0.717) is 16.8 Å². The van der Waals surface area contributed by atoms with Crippen molar-refractivity contribution in [3.05, 3.63) is 54.6 Å². The molecule has 2 heterocycles.